The molecule has 0 heterocycles. The third kappa shape index (κ3) is 2.04. The summed E-state index contributed by atoms with van der Waals surface area (Å²) in [7, 11) is 0. The zero-order valence-electron chi connectivity index (χ0n) is 8.78. The number of hydrogen-bond acceptors (Lipinski definition) is 2. The highest BCUT2D eigenvalue weighted by Crippen LogP contribution is 2.38. The van der Waals surface area contributed by atoms with Crippen LogP contribution >= 0.6 is 0 Å². The van der Waals surface area contributed by atoms with E-state index in [2.05, 4.69) is 0 Å². The van der Waals surface area contributed by atoms with Gasteiger partial charge in [-0.05, 0) is 24.8 Å². The normalized spacial score (nSPS) is 17.6. The van der Waals surface area contributed by atoms with Crippen LogP contribution in [0, 0.1) is 0 Å². The quantitative estimate of drug-likeness (QED) is 0.751. The summed E-state index contributed by atoms with van der Waals surface area (Å²) in [5, 5.41) is 9.82. The van der Waals surface area contributed by atoms with Gasteiger partial charge in [0, 0.05) is 11.1 Å². The Hall–Kier alpha value is -1.31. The first-order valence-electron chi connectivity index (χ1n) is 5.60. The second-order valence-electron chi connectivity index (χ2n) is 4.23. The first kappa shape index (κ1) is 10.2. The lowest BCUT2D eigenvalue weighted by molar-refractivity contribution is 0.112. The third-order valence-electron chi connectivity index (χ3n) is 3.26. The number of phenolic OH excluding ortho intramolecular Hbond substituents is 1. The molecule has 0 atom stereocenters. The summed E-state index contributed by atoms with van der Waals surface area (Å²) in [6.07, 6.45) is 6.73. The Bertz CT molecular complexity index is 352. The lowest BCUT2D eigenvalue weighted by atomic mass is 9.82. The smallest absolute Gasteiger partial charge is 0.150 e. The monoisotopic (exact) mass is 204 g/mol. The van der Waals surface area contributed by atoms with Gasteiger partial charge >= 0.3 is 0 Å². The van der Waals surface area contributed by atoms with E-state index in [4.69, 9.17) is 0 Å². The van der Waals surface area contributed by atoms with Gasteiger partial charge in [-0.15, -0.1) is 0 Å². The van der Waals surface area contributed by atoms with Crippen molar-refractivity contribution in [3.05, 3.63) is 29.3 Å². The minimum absolute atomic E-state index is 0.284. The Morgan fingerprint density at radius 2 is 1.93 bits per heavy atom. The molecule has 0 spiro atoms. The number of carbonyl (C=O) groups excluding carboxylic acids is 1. The third-order valence-corrected chi connectivity index (χ3v) is 3.26. The highest BCUT2D eigenvalue weighted by Gasteiger charge is 2.21. The zero-order chi connectivity index (χ0) is 10.7. The van der Waals surface area contributed by atoms with Crippen LogP contribution in [0.15, 0.2) is 18.2 Å². The molecule has 0 aromatic heterocycles. The Morgan fingerprint density at radius 3 is 2.60 bits per heavy atom. The Labute approximate surface area is 89.9 Å². The molecule has 0 amide bonds. The number of phenols is 1. The lowest BCUT2D eigenvalue weighted by Gasteiger charge is -2.23. The predicted octanol–water partition coefficient (Wildman–Crippen LogP) is 3.25. The average Bonchev–Trinajstić information content (AvgIpc) is 2.29. The minimum atomic E-state index is 0.284. The Morgan fingerprint density at radius 1 is 1.20 bits per heavy atom. The van der Waals surface area contributed by atoms with Gasteiger partial charge in [-0.2, -0.15) is 0 Å². The fourth-order valence-electron chi connectivity index (χ4n) is 2.51. The van der Waals surface area contributed by atoms with Crippen LogP contribution in [-0.2, 0) is 0 Å². The summed E-state index contributed by atoms with van der Waals surface area (Å²) < 4.78 is 0. The van der Waals surface area contributed by atoms with Crippen LogP contribution in [-0.4, -0.2) is 11.4 Å². The SMILES string of the molecule is O=Cc1cccc(O)c1C1CCCCC1. The molecule has 1 aromatic carbocycles. The maximum absolute atomic E-state index is 10.9. The van der Waals surface area contributed by atoms with Gasteiger partial charge < -0.3 is 5.11 Å². The summed E-state index contributed by atoms with van der Waals surface area (Å²) in [4.78, 5) is 10.9. The summed E-state index contributed by atoms with van der Waals surface area (Å²) >= 11 is 0. The molecule has 0 unspecified atom stereocenters. The molecule has 0 saturated heterocycles. The van der Waals surface area contributed by atoms with Crippen LogP contribution in [0.2, 0.25) is 0 Å². The molecule has 1 aliphatic carbocycles. The van der Waals surface area contributed by atoms with Crippen molar-refractivity contribution in [3.63, 3.8) is 0 Å². The number of rotatable bonds is 2. The maximum Gasteiger partial charge on any atom is 0.150 e. The average molecular weight is 204 g/mol. The van der Waals surface area contributed by atoms with E-state index in [0.29, 0.717) is 11.5 Å². The largest absolute Gasteiger partial charge is 0.508 e. The number of carbonyl (C=O) groups is 1. The molecule has 15 heavy (non-hydrogen) atoms. The number of benzene rings is 1. The van der Waals surface area contributed by atoms with Crippen molar-refractivity contribution in [2.75, 3.05) is 0 Å². The van der Waals surface area contributed by atoms with Crippen LogP contribution in [0.25, 0.3) is 0 Å². The van der Waals surface area contributed by atoms with Crippen molar-refractivity contribution in [1.29, 1.82) is 0 Å². The van der Waals surface area contributed by atoms with Gasteiger partial charge in [0.2, 0.25) is 0 Å². The molecule has 1 saturated carbocycles. The molecular weight excluding hydrogens is 188 g/mol. The second-order valence-corrected chi connectivity index (χ2v) is 4.23. The van der Waals surface area contributed by atoms with Gasteiger partial charge in [-0.1, -0.05) is 31.4 Å². The van der Waals surface area contributed by atoms with E-state index in [1.807, 2.05) is 0 Å². The molecule has 0 aliphatic heterocycles. The van der Waals surface area contributed by atoms with Crippen molar-refractivity contribution in [2.45, 2.75) is 38.0 Å². The number of aromatic hydroxyl groups is 1. The molecule has 2 rings (SSSR count). The van der Waals surface area contributed by atoms with Crippen LogP contribution in [0.5, 0.6) is 5.75 Å². The standard InChI is InChI=1S/C13H16O2/c14-9-11-7-4-8-12(15)13(11)10-5-2-1-3-6-10/h4,7-10,15H,1-3,5-6H2. The molecule has 1 fully saturated rings. The van der Waals surface area contributed by atoms with Gasteiger partial charge in [-0.3, -0.25) is 4.79 Å². The fraction of sp³-hybridized carbons (Fsp3) is 0.462. The summed E-state index contributed by atoms with van der Waals surface area (Å²) in [6.45, 7) is 0. The fourth-order valence-corrected chi connectivity index (χ4v) is 2.51. The van der Waals surface area contributed by atoms with Gasteiger partial charge in [0.25, 0.3) is 0 Å². The van der Waals surface area contributed by atoms with E-state index in [1.54, 1.807) is 18.2 Å². The van der Waals surface area contributed by atoms with Crippen molar-refractivity contribution >= 4 is 6.29 Å². The van der Waals surface area contributed by atoms with Crippen LogP contribution < -0.4 is 0 Å². The first-order chi connectivity index (χ1) is 7.33. The zero-order valence-corrected chi connectivity index (χ0v) is 8.78. The summed E-state index contributed by atoms with van der Waals surface area (Å²) in [5.41, 5.74) is 1.52. The molecule has 0 radical (unpaired) electrons. The molecule has 2 nitrogen and oxygen atoms in total. The summed E-state index contributed by atoms with van der Waals surface area (Å²) in [5.74, 6) is 0.659. The molecule has 0 bridgehead atoms. The van der Waals surface area contributed by atoms with Crippen LogP contribution in [0.3, 0.4) is 0 Å². The Kier molecular flexibility index (Phi) is 3.05. The van der Waals surface area contributed by atoms with E-state index in [-0.39, 0.29) is 5.75 Å². The van der Waals surface area contributed by atoms with Crippen molar-refractivity contribution in [3.8, 4) is 5.75 Å². The van der Waals surface area contributed by atoms with Gasteiger partial charge in [0.05, 0.1) is 0 Å². The number of aldehydes is 1. The molecule has 1 aromatic rings. The van der Waals surface area contributed by atoms with E-state index in [9.17, 15) is 9.90 Å². The highest BCUT2D eigenvalue weighted by molar-refractivity contribution is 5.79. The predicted molar refractivity (Wildman–Crippen MR) is 59.3 cm³/mol. The van der Waals surface area contributed by atoms with Crippen LogP contribution in [0.4, 0.5) is 0 Å². The molecule has 1 aliphatic rings. The molecule has 80 valence electrons. The maximum atomic E-state index is 10.9. The van der Waals surface area contributed by atoms with Crippen LogP contribution in [0.1, 0.15) is 53.9 Å². The van der Waals surface area contributed by atoms with Crippen molar-refractivity contribution in [1.82, 2.24) is 0 Å². The van der Waals surface area contributed by atoms with E-state index in [1.165, 1.54) is 19.3 Å². The summed E-state index contributed by atoms with van der Waals surface area (Å²) in [6, 6.07) is 5.19. The highest BCUT2D eigenvalue weighted by atomic mass is 16.3. The topological polar surface area (TPSA) is 37.3 Å². The second kappa shape index (κ2) is 4.47. The minimum Gasteiger partial charge on any atom is -0.508 e. The van der Waals surface area contributed by atoms with E-state index < -0.39 is 0 Å². The van der Waals surface area contributed by atoms with Crippen molar-refractivity contribution < 1.29 is 9.90 Å². The van der Waals surface area contributed by atoms with E-state index in [0.717, 1.165) is 24.7 Å². The number of hydrogen-bond donors (Lipinski definition) is 1. The molecule has 1 N–H and O–H groups in total. The van der Waals surface area contributed by atoms with Crippen molar-refractivity contribution in [2.24, 2.45) is 0 Å². The molecular formula is C13H16O2. The van der Waals surface area contributed by atoms with E-state index >= 15 is 0 Å². The lowest BCUT2D eigenvalue weighted by Crippen LogP contribution is -2.07. The van der Waals surface area contributed by atoms with Gasteiger partial charge in [-0.25, -0.2) is 0 Å². The Balaban J connectivity index is 2.35. The van der Waals surface area contributed by atoms with Gasteiger partial charge in [0.1, 0.15) is 12.0 Å². The van der Waals surface area contributed by atoms with Gasteiger partial charge in [0.15, 0.2) is 0 Å². The first-order valence-corrected chi connectivity index (χ1v) is 5.60. The molecule has 2 heteroatoms.